The molecule has 3 heterocycles. The van der Waals surface area contributed by atoms with Crippen LogP contribution >= 0.6 is 0 Å². The molecule has 0 spiro atoms. The predicted molar refractivity (Wildman–Crippen MR) is 51.3 cm³/mol. The summed E-state index contributed by atoms with van der Waals surface area (Å²) in [5.41, 5.74) is 1.42. The van der Waals surface area contributed by atoms with E-state index in [2.05, 4.69) is 16.0 Å². The molecule has 0 radical (unpaired) electrons. The van der Waals surface area contributed by atoms with Gasteiger partial charge < -0.3 is 0 Å². The Labute approximate surface area is 78.6 Å². The number of hydrogen-bond acceptors (Lipinski definition) is 2. The fourth-order valence-corrected chi connectivity index (χ4v) is 2.85. The van der Waals surface area contributed by atoms with Crippen molar-refractivity contribution in [1.29, 1.82) is 0 Å². The van der Waals surface area contributed by atoms with Crippen LogP contribution in [-0.2, 0) is 0 Å². The summed E-state index contributed by atoms with van der Waals surface area (Å²) in [7, 11) is 0. The van der Waals surface area contributed by atoms with Crippen molar-refractivity contribution in [3.05, 3.63) is 30.1 Å². The molecule has 3 rings (SSSR count). The summed E-state index contributed by atoms with van der Waals surface area (Å²) >= 11 is 0. The summed E-state index contributed by atoms with van der Waals surface area (Å²) in [5, 5.41) is 0. The van der Waals surface area contributed by atoms with Crippen LogP contribution in [0.2, 0.25) is 0 Å². The van der Waals surface area contributed by atoms with Gasteiger partial charge >= 0.3 is 0 Å². The van der Waals surface area contributed by atoms with E-state index in [9.17, 15) is 0 Å². The molecule has 0 aromatic carbocycles. The smallest absolute Gasteiger partial charge is 0.0392 e. The third kappa shape index (κ3) is 1.09. The van der Waals surface area contributed by atoms with Gasteiger partial charge in [-0.1, -0.05) is 6.07 Å². The molecule has 68 valence electrons. The first-order valence-electron chi connectivity index (χ1n) is 5.09. The molecule has 0 N–H and O–H groups in total. The van der Waals surface area contributed by atoms with E-state index >= 15 is 0 Å². The Balaban J connectivity index is 1.94. The van der Waals surface area contributed by atoms with E-state index in [-0.39, 0.29) is 0 Å². The first kappa shape index (κ1) is 7.51. The van der Waals surface area contributed by atoms with Crippen LogP contribution < -0.4 is 0 Å². The molecule has 0 amide bonds. The van der Waals surface area contributed by atoms with Crippen molar-refractivity contribution < 1.29 is 0 Å². The lowest BCUT2D eigenvalue weighted by atomic mass is 9.95. The highest BCUT2D eigenvalue weighted by Crippen LogP contribution is 2.44. The largest absolute Gasteiger partial charge is 0.296 e. The quantitative estimate of drug-likeness (QED) is 0.646. The van der Waals surface area contributed by atoms with Crippen molar-refractivity contribution >= 4 is 0 Å². The first-order valence-corrected chi connectivity index (χ1v) is 5.09. The average Bonchev–Trinajstić information content (AvgIpc) is 2.78. The molecule has 2 heteroatoms. The Morgan fingerprint density at radius 1 is 1.31 bits per heavy atom. The normalized spacial score (nSPS) is 36.8. The molecule has 0 saturated carbocycles. The Bertz CT molecular complexity index is 276. The second-order valence-corrected chi connectivity index (χ2v) is 4.10. The SMILES string of the molecule is c1cncc([C@@H]2C3CCN2CC3)c1. The Morgan fingerprint density at radius 2 is 2.15 bits per heavy atom. The Hall–Kier alpha value is -0.890. The monoisotopic (exact) mass is 174 g/mol. The van der Waals surface area contributed by atoms with E-state index in [0.29, 0.717) is 6.04 Å². The zero-order chi connectivity index (χ0) is 8.67. The van der Waals surface area contributed by atoms with Gasteiger partial charge in [0.25, 0.3) is 0 Å². The molecule has 1 aromatic rings. The fraction of sp³-hybridized carbons (Fsp3) is 0.545. The number of hydrogen-bond donors (Lipinski definition) is 0. The van der Waals surface area contributed by atoms with Gasteiger partial charge in [-0.2, -0.15) is 0 Å². The topological polar surface area (TPSA) is 16.1 Å². The summed E-state index contributed by atoms with van der Waals surface area (Å²) in [5.74, 6) is 0.907. The molecule has 1 aromatic heterocycles. The summed E-state index contributed by atoms with van der Waals surface area (Å²) < 4.78 is 0. The summed E-state index contributed by atoms with van der Waals surface area (Å²) in [6, 6.07) is 4.96. The summed E-state index contributed by atoms with van der Waals surface area (Å²) in [6.45, 7) is 2.59. The molecule has 2 bridgehead atoms. The third-order valence-electron chi connectivity index (χ3n) is 3.44. The standard InChI is InChI=1S/C11H14N2/c1-2-10(8-12-5-1)11-9-3-6-13(11)7-4-9/h1-2,5,8-9,11H,3-4,6-7H2/t11-/m0/s1. The maximum absolute atomic E-state index is 4.20. The number of pyridine rings is 1. The van der Waals surface area contributed by atoms with Crippen molar-refractivity contribution in [2.75, 3.05) is 13.1 Å². The van der Waals surface area contributed by atoms with Crippen molar-refractivity contribution in [3.63, 3.8) is 0 Å². The minimum Gasteiger partial charge on any atom is -0.296 e. The minimum atomic E-state index is 0.689. The minimum absolute atomic E-state index is 0.689. The molecular formula is C11H14N2. The lowest BCUT2D eigenvalue weighted by molar-refractivity contribution is 0.304. The second-order valence-electron chi connectivity index (χ2n) is 4.10. The molecule has 2 saturated heterocycles. The van der Waals surface area contributed by atoms with Crippen LogP contribution in [0.4, 0.5) is 0 Å². The molecule has 13 heavy (non-hydrogen) atoms. The van der Waals surface area contributed by atoms with E-state index in [1.165, 1.54) is 31.5 Å². The molecule has 2 nitrogen and oxygen atoms in total. The van der Waals surface area contributed by atoms with Crippen molar-refractivity contribution in [2.45, 2.75) is 18.9 Å². The van der Waals surface area contributed by atoms with E-state index in [4.69, 9.17) is 0 Å². The highest BCUT2D eigenvalue weighted by molar-refractivity contribution is 5.18. The number of rotatable bonds is 1. The molecular weight excluding hydrogens is 160 g/mol. The van der Waals surface area contributed by atoms with E-state index < -0.39 is 0 Å². The summed E-state index contributed by atoms with van der Waals surface area (Å²) in [6.07, 6.45) is 6.66. The van der Waals surface area contributed by atoms with Gasteiger partial charge in [0.2, 0.25) is 0 Å². The van der Waals surface area contributed by atoms with Gasteiger partial charge in [0.1, 0.15) is 0 Å². The van der Waals surface area contributed by atoms with Gasteiger partial charge in [-0.05, 0) is 43.5 Å². The lowest BCUT2D eigenvalue weighted by Gasteiger charge is -2.18. The van der Waals surface area contributed by atoms with Gasteiger partial charge in [-0.25, -0.2) is 0 Å². The number of fused-ring (bicyclic) bond motifs is 2. The lowest BCUT2D eigenvalue weighted by Crippen LogP contribution is -2.19. The second kappa shape index (κ2) is 2.81. The van der Waals surface area contributed by atoms with E-state index in [1.807, 2.05) is 18.5 Å². The molecule has 0 unspecified atom stereocenters. The fourth-order valence-electron chi connectivity index (χ4n) is 2.85. The third-order valence-corrected chi connectivity index (χ3v) is 3.44. The highest BCUT2D eigenvalue weighted by Gasteiger charge is 2.40. The molecule has 2 aliphatic rings. The van der Waals surface area contributed by atoms with Crippen LogP contribution in [0.15, 0.2) is 24.5 Å². The Kier molecular flexibility index (Phi) is 1.62. The molecule has 2 aliphatic heterocycles. The number of piperidine rings is 1. The Morgan fingerprint density at radius 3 is 2.69 bits per heavy atom. The van der Waals surface area contributed by atoms with Gasteiger partial charge in [-0.3, -0.25) is 9.88 Å². The molecule has 2 fully saturated rings. The van der Waals surface area contributed by atoms with Crippen molar-refractivity contribution in [3.8, 4) is 0 Å². The van der Waals surface area contributed by atoms with Crippen LogP contribution in [0.25, 0.3) is 0 Å². The van der Waals surface area contributed by atoms with Gasteiger partial charge in [-0.15, -0.1) is 0 Å². The molecule has 0 aliphatic carbocycles. The first-order chi connectivity index (χ1) is 6.45. The van der Waals surface area contributed by atoms with Gasteiger partial charge in [0.15, 0.2) is 0 Å². The van der Waals surface area contributed by atoms with Gasteiger partial charge in [0, 0.05) is 18.4 Å². The zero-order valence-corrected chi connectivity index (χ0v) is 7.69. The van der Waals surface area contributed by atoms with Crippen LogP contribution in [0.3, 0.4) is 0 Å². The van der Waals surface area contributed by atoms with Crippen LogP contribution in [0.5, 0.6) is 0 Å². The summed E-state index contributed by atoms with van der Waals surface area (Å²) in [4.78, 5) is 6.80. The maximum atomic E-state index is 4.20. The van der Waals surface area contributed by atoms with Gasteiger partial charge in [0.05, 0.1) is 0 Å². The van der Waals surface area contributed by atoms with E-state index in [0.717, 1.165) is 5.92 Å². The van der Waals surface area contributed by atoms with E-state index in [1.54, 1.807) is 0 Å². The highest BCUT2D eigenvalue weighted by atomic mass is 15.2. The van der Waals surface area contributed by atoms with Crippen LogP contribution in [-0.4, -0.2) is 23.0 Å². The van der Waals surface area contributed by atoms with Crippen molar-refractivity contribution in [2.24, 2.45) is 5.92 Å². The average molecular weight is 174 g/mol. The zero-order valence-electron chi connectivity index (χ0n) is 7.69. The molecule has 1 atom stereocenters. The van der Waals surface area contributed by atoms with Crippen LogP contribution in [0, 0.1) is 5.92 Å². The number of nitrogens with zero attached hydrogens (tertiary/aromatic N) is 2. The van der Waals surface area contributed by atoms with Crippen LogP contribution in [0.1, 0.15) is 24.4 Å². The van der Waals surface area contributed by atoms with Crippen molar-refractivity contribution in [1.82, 2.24) is 9.88 Å². The number of aromatic nitrogens is 1. The predicted octanol–water partition coefficient (Wildman–Crippen LogP) is 1.85. The maximum Gasteiger partial charge on any atom is 0.0392 e.